The molecule has 21 heavy (non-hydrogen) atoms. The molecule has 1 aliphatic rings. The Bertz CT molecular complexity index is 454. The average Bonchev–Trinajstić information content (AvgIpc) is 2.76. The van der Waals surface area contributed by atoms with Crippen molar-refractivity contribution in [2.24, 2.45) is 17.3 Å². The number of hydrogen-bond acceptors (Lipinski definition) is 3. The molecule has 3 unspecified atom stereocenters. The van der Waals surface area contributed by atoms with Gasteiger partial charge in [-0.05, 0) is 65.6 Å². The second-order valence-corrected chi connectivity index (χ2v) is 9.54. The van der Waals surface area contributed by atoms with E-state index in [9.17, 15) is 5.11 Å². The highest BCUT2D eigenvalue weighted by atomic mass is 79.9. The van der Waals surface area contributed by atoms with Crippen molar-refractivity contribution >= 4 is 27.3 Å². The molecule has 1 N–H and O–H groups in total. The van der Waals surface area contributed by atoms with Crippen molar-refractivity contribution < 1.29 is 5.11 Å². The molecule has 0 bridgehead atoms. The van der Waals surface area contributed by atoms with Crippen LogP contribution in [0, 0.1) is 17.3 Å². The molecule has 4 heteroatoms. The standard InChI is InChI=1S/C17H28BrNOS/c1-17(2,3)13-5-6-16(20)12(7-13)9-19(4)10-15-8-14(18)11-21-15/h8,11-13,16,20H,5-7,9-10H2,1-4H3. The normalized spacial score (nSPS) is 27.3. The van der Waals surface area contributed by atoms with Crippen molar-refractivity contribution in [3.63, 3.8) is 0 Å². The van der Waals surface area contributed by atoms with Crippen LogP contribution in [0.3, 0.4) is 0 Å². The Hall–Kier alpha value is 0.1000. The molecular formula is C17H28BrNOS. The number of halogens is 1. The first-order chi connectivity index (χ1) is 9.75. The lowest BCUT2D eigenvalue weighted by atomic mass is 9.68. The summed E-state index contributed by atoms with van der Waals surface area (Å²) < 4.78 is 1.17. The highest BCUT2D eigenvalue weighted by Gasteiger charge is 2.35. The lowest BCUT2D eigenvalue weighted by Crippen LogP contribution is -2.40. The first-order valence-electron chi connectivity index (χ1n) is 7.85. The van der Waals surface area contributed by atoms with Crippen LogP contribution in [-0.2, 0) is 6.54 Å². The SMILES string of the molecule is CN(Cc1cc(Br)cs1)CC1CC(C(C)(C)C)CCC1O. The number of rotatable bonds is 4. The predicted octanol–water partition coefficient (Wildman–Crippen LogP) is 4.77. The molecule has 0 saturated heterocycles. The van der Waals surface area contributed by atoms with Gasteiger partial charge in [0.1, 0.15) is 0 Å². The largest absolute Gasteiger partial charge is 0.393 e. The fourth-order valence-corrected chi connectivity index (χ4v) is 4.93. The Morgan fingerprint density at radius 3 is 2.67 bits per heavy atom. The van der Waals surface area contributed by atoms with E-state index >= 15 is 0 Å². The summed E-state index contributed by atoms with van der Waals surface area (Å²) in [6, 6.07) is 2.19. The maximum atomic E-state index is 10.3. The van der Waals surface area contributed by atoms with Gasteiger partial charge < -0.3 is 10.0 Å². The Morgan fingerprint density at radius 2 is 2.10 bits per heavy atom. The van der Waals surface area contributed by atoms with Gasteiger partial charge in [-0.25, -0.2) is 0 Å². The molecule has 1 saturated carbocycles. The Morgan fingerprint density at radius 1 is 1.38 bits per heavy atom. The number of aliphatic hydroxyl groups excluding tert-OH is 1. The smallest absolute Gasteiger partial charge is 0.0580 e. The third-order valence-electron chi connectivity index (χ3n) is 4.76. The maximum Gasteiger partial charge on any atom is 0.0580 e. The van der Waals surface area contributed by atoms with E-state index in [1.165, 1.54) is 15.8 Å². The maximum absolute atomic E-state index is 10.3. The first kappa shape index (κ1) is 17.5. The minimum atomic E-state index is -0.124. The molecule has 0 spiro atoms. The molecular weight excluding hydrogens is 346 g/mol. The summed E-state index contributed by atoms with van der Waals surface area (Å²) in [5.74, 6) is 1.14. The molecule has 2 rings (SSSR count). The number of hydrogen-bond donors (Lipinski definition) is 1. The van der Waals surface area contributed by atoms with E-state index in [0.717, 1.165) is 31.8 Å². The Balaban J connectivity index is 1.90. The lowest BCUT2D eigenvalue weighted by molar-refractivity contribution is 0.00570. The highest BCUT2D eigenvalue weighted by molar-refractivity contribution is 9.10. The molecule has 1 fully saturated rings. The summed E-state index contributed by atoms with van der Waals surface area (Å²) in [5, 5.41) is 12.5. The van der Waals surface area contributed by atoms with Gasteiger partial charge in [-0.2, -0.15) is 0 Å². The molecule has 0 aromatic carbocycles. The zero-order valence-electron chi connectivity index (χ0n) is 13.6. The third kappa shape index (κ3) is 5.05. The average molecular weight is 374 g/mol. The van der Waals surface area contributed by atoms with Crippen LogP contribution in [0.25, 0.3) is 0 Å². The summed E-state index contributed by atoms with van der Waals surface area (Å²) in [5.41, 5.74) is 0.357. The molecule has 0 radical (unpaired) electrons. The molecule has 0 aliphatic heterocycles. The summed E-state index contributed by atoms with van der Waals surface area (Å²) in [7, 11) is 2.17. The van der Waals surface area contributed by atoms with Crippen LogP contribution in [0.5, 0.6) is 0 Å². The molecule has 1 aromatic rings. The first-order valence-corrected chi connectivity index (χ1v) is 9.52. The van der Waals surface area contributed by atoms with Gasteiger partial charge in [-0.3, -0.25) is 0 Å². The Kier molecular flexibility index (Phi) is 5.91. The van der Waals surface area contributed by atoms with Gasteiger partial charge >= 0.3 is 0 Å². The summed E-state index contributed by atoms with van der Waals surface area (Å²) in [6.07, 6.45) is 3.16. The molecule has 3 atom stereocenters. The van der Waals surface area contributed by atoms with Gasteiger partial charge in [0.05, 0.1) is 6.10 Å². The van der Waals surface area contributed by atoms with Crippen LogP contribution in [-0.4, -0.2) is 29.7 Å². The number of aliphatic hydroxyl groups is 1. The molecule has 2 nitrogen and oxygen atoms in total. The van der Waals surface area contributed by atoms with Crippen LogP contribution in [0.2, 0.25) is 0 Å². The van der Waals surface area contributed by atoms with E-state index < -0.39 is 0 Å². The second-order valence-electron chi connectivity index (χ2n) is 7.63. The third-order valence-corrected chi connectivity index (χ3v) is 6.44. The molecule has 120 valence electrons. The van der Waals surface area contributed by atoms with Crippen LogP contribution in [0.1, 0.15) is 44.9 Å². The zero-order chi connectivity index (χ0) is 15.6. The van der Waals surface area contributed by atoms with Crippen molar-refractivity contribution in [3.8, 4) is 0 Å². The summed E-state index contributed by atoms with van der Waals surface area (Å²) in [4.78, 5) is 3.74. The highest BCUT2D eigenvalue weighted by Crippen LogP contribution is 2.40. The fourth-order valence-electron chi connectivity index (χ4n) is 3.40. The van der Waals surface area contributed by atoms with Crippen molar-refractivity contribution in [3.05, 3.63) is 20.8 Å². The molecule has 1 aliphatic carbocycles. The Labute approximate surface area is 141 Å². The monoisotopic (exact) mass is 373 g/mol. The molecule has 1 aromatic heterocycles. The van der Waals surface area contributed by atoms with E-state index in [-0.39, 0.29) is 6.10 Å². The van der Waals surface area contributed by atoms with Crippen LogP contribution < -0.4 is 0 Å². The molecule has 1 heterocycles. The topological polar surface area (TPSA) is 23.5 Å². The van der Waals surface area contributed by atoms with Crippen molar-refractivity contribution in [1.82, 2.24) is 4.90 Å². The van der Waals surface area contributed by atoms with Gasteiger partial charge in [-0.1, -0.05) is 20.8 Å². The van der Waals surface area contributed by atoms with Gasteiger partial charge in [0.2, 0.25) is 0 Å². The van der Waals surface area contributed by atoms with Crippen LogP contribution in [0.15, 0.2) is 15.9 Å². The van der Waals surface area contributed by atoms with Gasteiger partial charge in [0.25, 0.3) is 0 Å². The van der Waals surface area contributed by atoms with Crippen LogP contribution in [0.4, 0.5) is 0 Å². The quantitative estimate of drug-likeness (QED) is 0.821. The van der Waals surface area contributed by atoms with Crippen molar-refractivity contribution in [2.75, 3.05) is 13.6 Å². The van der Waals surface area contributed by atoms with Gasteiger partial charge in [-0.15, -0.1) is 11.3 Å². The van der Waals surface area contributed by atoms with Crippen molar-refractivity contribution in [2.45, 2.75) is 52.7 Å². The number of thiophene rings is 1. The van der Waals surface area contributed by atoms with Crippen molar-refractivity contribution in [1.29, 1.82) is 0 Å². The predicted molar refractivity (Wildman–Crippen MR) is 94.6 cm³/mol. The number of nitrogens with zero attached hydrogens (tertiary/aromatic N) is 1. The van der Waals surface area contributed by atoms with E-state index in [4.69, 9.17) is 0 Å². The summed E-state index contributed by atoms with van der Waals surface area (Å²) >= 11 is 5.31. The van der Waals surface area contributed by atoms with Gasteiger partial charge in [0, 0.05) is 27.8 Å². The summed E-state index contributed by atoms with van der Waals surface area (Å²) in [6.45, 7) is 8.96. The van der Waals surface area contributed by atoms with E-state index in [1.807, 2.05) is 0 Å². The van der Waals surface area contributed by atoms with Crippen LogP contribution >= 0.6 is 27.3 Å². The zero-order valence-corrected chi connectivity index (χ0v) is 16.0. The lowest BCUT2D eigenvalue weighted by Gasteiger charge is -2.41. The minimum absolute atomic E-state index is 0.124. The van der Waals surface area contributed by atoms with E-state index in [1.54, 1.807) is 11.3 Å². The minimum Gasteiger partial charge on any atom is -0.393 e. The second kappa shape index (κ2) is 7.12. The molecule has 0 amide bonds. The fraction of sp³-hybridized carbons (Fsp3) is 0.765. The van der Waals surface area contributed by atoms with Gasteiger partial charge in [0.15, 0.2) is 0 Å². The van der Waals surface area contributed by atoms with E-state index in [0.29, 0.717) is 11.3 Å². The van der Waals surface area contributed by atoms with E-state index in [2.05, 4.69) is 60.1 Å².